The summed E-state index contributed by atoms with van der Waals surface area (Å²) in [5.74, 6) is -0.323. The van der Waals surface area contributed by atoms with Crippen LogP contribution in [0.15, 0.2) is 18.3 Å². The fourth-order valence-corrected chi connectivity index (χ4v) is 1.81. The number of thiophene rings is 1. The van der Waals surface area contributed by atoms with Crippen LogP contribution in [-0.4, -0.2) is 21.4 Å². The van der Waals surface area contributed by atoms with Gasteiger partial charge in [-0.15, -0.1) is 11.3 Å². The molecule has 15 heavy (non-hydrogen) atoms. The van der Waals surface area contributed by atoms with Crippen LogP contribution < -0.4 is 0 Å². The zero-order valence-electron chi connectivity index (χ0n) is 8.06. The number of carbonyl (C=O) groups excluding carboxylic acids is 1. The second kappa shape index (κ2) is 4.22. The normalized spacial score (nSPS) is 10.2. The molecule has 0 bridgehead atoms. The van der Waals surface area contributed by atoms with Crippen LogP contribution in [0.1, 0.15) is 20.2 Å². The van der Waals surface area contributed by atoms with E-state index >= 15 is 0 Å². The molecule has 2 aromatic rings. The first-order valence-electron chi connectivity index (χ1n) is 4.34. The first kappa shape index (κ1) is 9.85. The number of ether oxygens (including phenoxy) is 1. The van der Waals surface area contributed by atoms with Crippen molar-refractivity contribution in [3.63, 3.8) is 0 Å². The third kappa shape index (κ3) is 2.41. The standard InChI is InChI=1S/C9H9N3O2S/c1-6-2-3-8(15-6)9(13)14-5-7-4-10-12-11-7/h2-4H,5H2,1H3,(H,10,11,12). The number of H-pyrrole nitrogens is 1. The SMILES string of the molecule is Cc1ccc(C(=O)OCc2cn[nH]n2)s1. The van der Waals surface area contributed by atoms with Gasteiger partial charge in [0.1, 0.15) is 17.2 Å². The smallest absolute Gasteiger partial charge is 0.348 e. The molecule has 0 spiro atoms. The average Bonchev–Trinajstić information content (AvgIpc) is 2.84. The molecule has 5 nitrogen and oxygen atoms in total. The molecule has 0 atom stereocenters. The molecule has 1 N–H and O–H groups in total. The molecule has 2 rings (SSSR count). The lowest BCUT2D eigenvalue weighted by molar-refractivity contribution is 0.0473. The van der Waals surface area contributed by atoms with Crippen LogP contribution in [0.3, 0.4) is 0 Å². The number of nitrogens with one attached hydrogen (secondary N) is 1. The molecule has 0 fully saturated rings. The fourth-order valence-electron chi connectivity index (χ4n) is 1.05. The Balaban J connectivity index is 1.93. The molecule has 0 saturated heterocycles. The van der Waals surface area contributed by atoms with Crippen LogP contribution in [0.25, 0.3) is 0 Å². The van der Waals surface area contributed by atoms with Crippen LogP contribution in [0.4, 0.5) is 0 Å². The van der Waals surface area contributed by atoms with Crippen molar-refractivity contribution in [2.45, 2.75) is 13.5 Å². The molecule has 0 unspecified atom stereocenters. The van der Waals surface area contributed by atoms with Crippen LogP contribution >= 0.6 is 11.3 Å². The van der Waals surface area contributed by atoms with Crippen molar-refractivity contribution in [2.24, 2.45) is 0 Å². The molecule has 78 valence electrons. The van der Waals surface area contributed by atoms with Gasteiger partial charge in [-0.25, -0.2) is 4.79 Å². The second-order valence-electron chi connectivity index (χ2n) is 2.95. The lowest BCUT2D eigenvalue weighted by Crippen LogP contribution is -2.03. The molecule has 0 aliphatic rings. The summed E-state index contributed by atoms with van der Waals surface area (Å²) in [6.07, 6.45) is 1.52. The summed E-state index contributed by atoms with van der Waals surface area (Å²) >= 11 is 1.41. The van der Waals surface area contributed by atoms with Gasteiger partial charge in [-0.2, -0.15) is 15.4 Å². The highest BCUT2D eigenvalue weighted by molar-refractivity contribution is 7.13. The maximum atomic E-state index is 11.5. The third-order valence-corrected chi connectivity index (χ3v) is 2.74. The molecule has 6 heteroatoms. The van der Waals surface area contributed by atoms with Crippen molar-refractivity contribution in [3.05, 3.63) is 33.8 Å². The highest BCUT2D eigenvalue weighted by Crippen LogP contribution is 2.16. The third-order valence-electron chi connectivity index (χ3n) is 1.76. The quantitative estimate of drug-likeness (QED) is 0.801. The maximum absolute atomic E-state index is 11.5. The van der Waals surface area contributed by atoms with E-state index in [0.29, 0.717) is 10.6 Å². The number of aromatic nitrogens is 3. The minimum absolute atomic E-state index is 0.145. The Bertz CT molecular complexity index is 450. The van der Waals surface area contributed by atoms with Crippen molar-refractivity contribution < 1.29 is 9.53 Å². The number of aromatic amines is 1. The van der Waals surface area contributed by atoms with Crippen LogP contribution in [0, 0.1) is 6.92 Å². The van der Waals surface area contributed by atoms with Gasteiger partial charge in [0.05, 0.1) is 6.20 Å². The minimum Gasteiger partial charge on any atom is -0.455 e. The number of carbonyl (C=O) groups is 1. The summed E-state index contributed by atoms with van der Waals surface area (Å²) in [5, 5.41) is 9.84. The predicted octanol–water partition coefficient (Wildman–Crippen LogP) is 1.53. The Hall–Kier alpha value is -1.69. The Kier molecular flexibility index (Phi) is 2.77. The summed E-state index contributed by atoms with van der Waals surface area (Å²) in [7, 11) is 0. The number of hydrogen-bond donors (Lipinski definition) is 1. The monoisotopic (exact) mass is 223 g/mol. The first-order valence-corrected chi connectivity index (χ1v) is 5.15. The van der Waals surface area contributed by atoms with E-state index in [0.717, 1.165) is 4.88 Å². The van der Waals surface area contributed by atoms with Crippen LogP contribution in [0.2, 0.25) is 0 Å². The van der Waals surface area contributed by atoms with Gasteiger partial charge in [-0.1, -0.05) is 0 Å². The van der Waals surface area contributed by atoms with Crippen molar-refractivity contribution in [2.75, 3.05) is 0 Å². The summed E-state index contributed by atoms with van der Waals surface area (Å²) < 4.78 is 5.03. The summed E-state index contributed by atoms with van der Waals surface area (Å²) in [5.41, 5.74) is 0.608. The van der Waals surface area contributed by atoms with E-state index in [1.54, 1.807) is 6.07 Å². The Morgan fingerprint density at radius 3 is 3.07 bits per heavy atom. The van der Waals surface area contributed by atoms with Gasteiger partial charge >= 0.3 is 5.97 Å². The average molecular weight is 223 g/mol. The fraction of sp³-hybridized carbons (Fsp3) is 0.222. The Labute approximate surface area is 90.1 Å². The molecular formula is C9H9N3O2S. The Morgan fingerprint density at radius 1 is 1.60 bits per heavy atom. The van der Waals surface area contributed by atoms with Gasteiger partial charge < -0.3 is 4.74 Å². The minimum atomic E-state index is -0.323. The van der Waals surface area contributed by atoms with Gasteiger partial charge in [0.15, 0.2) is 0 Å². The van der Waals surface area contributed by atoms with Crippen LogP contribution in [0.5, 0.6) is 0 Å². The predicted molar refractivity (Wildman–Crippen MR) is 54.6 cm³/mol. The molecule has 0 aromatic carbocycles. The largest absolute Gasteiger partial charge is 0.455 e. The van der Waals surface area contributed by atoms with E-state index in [9.17, 15) is 4.79 Å². The van der Waals surface area contributed by atoms with E-state index in [-0.39, 0.29) is 12.6 Å². The first-order chi connectivity index (χ1) is 7.25. The van der Waals surface area contributed by atoms with Gasteiger partial charge in [-0.3, -0.25) is 0 Å². The van der Waals surface area contributed by atoms with Gasteiger partial charge in [0.2, 0.25) is 0 Å². The summed E-state index contributed by atoms with van der Waals surface area (Å²) in [6, 6.07) is 3.64. The highest BCUT2D eigenvalue weighted by Gasteiger charge is 2.09. The number of hydrogen-bond acceptors (Lipinski definition) is 5. The van der Waals surface area contributed by atoms with Crippen molar-refractivity contribution >= 4 is 17.3 Å². The van der Waals surface area contributed by atoms with E-state index in [4.69, 9.17) is 4.74 Å². The zero-order valence-corrected chi connectivity index (χ0v) is 8.87. The molecule has 0 amide bonds. The van der Waals surface area contributed by atoms with Crippen molar-refractivity contribution in [1.82, 2.24) is 15.4 Å². The van der Waals surface area contributed by atoms with Gasteiger partial charge in [0.25, 0.3) is 0 Å². The number of aryl methyl sites for hydroxylation is 1. The number of nitrogens with zero attached hydrogens (tertiary/aromatic N) is 2. The van der Waals surface area contributed by atoms with E-state index in [1.807, 2.05) is 13.0 Å². The topological polar surface area (TPSA) is 67.9 Å². The van der Waals surface area contributed by atoms with E-state index < -0.39 is 0 Å². The van der Waals surface area contributed by atoms with E-state index in [1.165, 1.54) is 17.5 Å². The molecule has 0 aliphatic heterocycles. The molecule has 0 saturated carbocycles. The Morgan fingerprint density at radius 2 is 2.47 bits per heavy atom. The van der Waals surface area contributed by atoms with Crippen LogP contribution in [-0.2, 0) is 11.3 Å². The zero-order chi connectivity index (χ0) is 10.7. The molecule has 0 aliphatic carbocycles. The lowest BCUT2D eigenvalue weighted by atomic mass is 10.4. The number of rotatable bonds is 3. The molecule has 2 aromatic heterocycles. The molecule has 2 heterocycles. The van der Waals surface area contributed by atoms with Crippen molar-refractivity contribution in [3.8, 4) is 0 Å². The maximum Gasteiger partial charge on any atom is 0.348 e. The highest BCUT2D eigenvalue weighted by atomic mass is 32.1. The lowest BCUT2D eigenvalue weighted by Gasteiger charge is -1.98. The summed E-state index contributed by atoms with van der Waals surface area (Å²) in [4.78, 5) is 13.2. The number of esters is 1. The molecular weight excluding hydrogens is 214 g/mol. The van der Waals surface area contributed by atoms with Gasteiger partial charge in [-0.05, 0) is 19.1 Å². The second-order valence-corrected chi connectivity index (χ2v) is 4.24. The summed E-state index contributed by atoms with van der Waals surface area (Å²) in [6.45, 7) is 2.09. The molecule has 0 radical (unpaired) electrons. The van der Waals surface area contributed by atoms with Crippen molar-refractivity contribution in [1.29, 1.82) is 0 Å². The van der Waals surface area contributed by atoms with E-state index in [2.05, 4.69) is 15.4 Å². The van der Waals surface area contributed by atoms with Gasteiger partial charge in [0, 0.05) is 4.88 Å².